The van der Waals surface area contributed by atoms with E-state index in [-0.39, 0.29) is 23.0 Å². The summed E-state index contributed by atoms with van der Waals surface area (Å²) < 4.78 is 16.8. The molecule has 0 aliphatic heterocycles. The van der Waals surface area contributed by atoms with Crippen molar-refractivity contribution in [3.05, 3.63) is 45.5 Å². The summed E-state index contributed by atoms with van der Waals surface area (Å²) in [7, 11) is 0. The van der Waals surface area contributed by atoms with Crippen molar-refractivity contribution in [1.82, 2.24) is 25.1 Å². The second-order valence-corrected chi connectivity index (χ2v) is 10.9. The number of imidazole rings is 1. The predicted molar refractivity (Wildman–Crippen MR) is 138 cm³/mol. The molecule has 194 valence electrons. The molecule has 4 aromatic rings. The number of fused-ring (bicyclic) bond motifs is 1. The zero-order valence-corrected chi connectivity index (χ0v) is 22.6. The molecule has 1 aromatic carbocycles. The topological polar surface area (TPSA) is 156 Å². The summed E-state index contributed by atoms with van der Waals surface area (Å²) >= 11 is 3.27. The van der Waals surface area contributed by atoms with Crippen LogP contribution in [0.25, 0.3) is 33.7 Å². The zero-order valence-electron chi connectivity index (χ0n) is 21.0. The fourth-order valence-electron chi connectivity index (χ4n) is 3.27. The van der Waals surface area contributed by atoms with Gasteiger partial charge in [0.1, 0.15) is 21.5 Å². The number of nitrogens with one attached hydrogen (secondary N) is 2. The maximum Gasteiger partial charge on any atom is 0.425 e. The van der Waals surface area contributed by atoms with Gasteiger partial charge in [0.2, 0.25) is 0 Å². The minimum atomic E-state index is -0.999. The van der Waals surface area contributed by atoms with E-state index in [1.165, 1.54) is 6.20 Å². The Bertz CT molecular complexity index is 1510. The van der Waals surface area contributed by atoms with Crippen LogP contribution in [0.2, 0.25) is 0 Å². The van der Waals surface area contributed by atoms with Crippen LogP contribution in [0.4, 0.5) is 15.4 Å². The predicted octanol–water partition coefficient (Wildman–Crippen LogP) is 5.41. The maximum atomic E-state index is 13.2. The van der Waals surface area contributed by atoms with Crippen LogP contribution in [0.15, 0.2) is 44.4 Å². The smallest absolute Gasteiger partial charge is 0.425 e. The Morgan fingerprint density at radius 2 is 1.59 bits per heavy atom. The molecule has 3 aromatic heterocycles. The first kappa shape index (κ1) is 26.1. The van der Waals surface area contributed by atoms with E-state index < -0.39 is 23.4 Å². The summed E-state index contributed by atoms with van der Waals surface area (Å²) in [5.74, 6) is -0.0432. The van der Waals surface area contributed by atoms with Crippen LogP contribution in [-0.4, -0.2) is 48.5 Å². The van der Waals surface area contributed by atoms with Crippen LogP contribution in [0.5, 0.6) is 0 Å². The first-order chi connectivity index (χ1) is 17.2. The number of rotatable bonds is 3. The van der Waals surface area contributed by atoms with E-state index >= 15 is 0 Å². The van der Waals surface area contributed by atoms with Gasteiger partial charge in [-0.1, -0.05) is 11.2 Å². The Balaban J connectivity index is 1.79. The molecule has 0 bridgehead atoms. The lowest BCUT2D eigenvalue weighted by Crippen LogP contribution is -2.44. The molecule has 0 fully saturated rings. The number of aromatic nitrogens is 5. The Morgan fingerprint density at radius 3 is 2.22 bits per heavy atom. The molecule has 12 nitrogen and oxygen atoms in total. The van der Waals surface area contributed by atoms with Crippen molar-refractivity contribution in [2.75, 3.05) is 4.90 Å². The molecule has 0 aliphatic carbocycles. The summed E-state index contributed by atoms with van der Waals surface area (Å²) in [6, 6.07) is 6.80. The number of benzene rings is 1. The van der Waals surface area contributed by atoms with Crippen molar-refractivity contribution in [2.24, 2.45) is 0 Å². The van der Waals surface area contributed by atoms with Crippen LogP contribution in [-0.2, 0) is 9.47 Å². The van der Waals surface area contributed by atoms with Crippen molar-refractivity contribution >= 4 is 45.0 Å². The van der Waals surface area contributed by atoms with Gasteiger partial charge in [-0.2, -0.15) is 4.90 Å². The summed E-state index contributed by atoms with van der Waals surface area (Å²) in [5, 5.41) is 4.10. The molecule has 3 heterocycles. The number of carbonyl (C=O) groups is 2. The minimum Gasteiger partial charge on any atom is -0.443 e. The number of aromatic amines is 2. The van der Waals surface area contributed by atoms with Gasteiger partial charge in [0.15, 0.2) is 17.3 Å². The molecule has 2 amide bonds. The van der Waals surface area contributed by atoms with Gasteiger partial charge in [0, 0.05) is 11.6 Å². The molecule has 13 heteroatoms. The van der Waals surface area contributed by atoms with Gasteiger partial charge in [-0.3, -0.25) is 0 Å². The third-order valence-electron chi connectivity index (χ3n) is 4.64. The molecule has 0 saturated heterocycles. The van der Waals surface area contributed by atoms with Gasteiger partial charge < -0.3 is 24.0 Å². The normalized spacial score (nSPS) is 12.0. The molecular weight excluding hydrogens is 548 g/mol. The summed E-state index contributed by atoms with van der Waals surface area (Å²) in [5.41, 5.74) is 0.215. The van der Waals surface area contributed by atoms with E-state index in [1.807, 2.05) is 0 Å². The largest absolute Gasteiger partial charge is 0.443 e. The van der Waals surface area contributed by atoms with Crippen molar-refractivity contribution in [3.63, 3.8) is 0 Å². The van der Waals surface area contributed by atoms with Crippen LogP contribution in [0, 0.1) is 0 Å². The Kier molecular flexibility index (Phi) is 6.67. The highest BCUT2D eigenvalue weighted by Crippen LogP contribution is 2.33. The van der Waals surface area contributed by atoms with Crippen LogP contribution >= 0.6 is 15.9 Å². The molecule has 0 radical (unpaired) electrons. The minimum absolute atomic E-state index is 0.0426. The van der Waals surface area contributed by atoms with Crippen molar-refractivity contribution in [1.29, 1.82) is 0 Å². The Morgan fingerprint density at radius 1 is 0.973 bits per heavy atom. The molecule has 37 heavy (non-hydrogen) atoms. The van der Waals surface area contributed by atoms with Crippen molar-refractivity contribution in [3.8, 4) is 22.7 Å². The summed E-state index contributed by atoms with van der Waals surface area (Å²) in [6.07, 6.45) is -0.670. The number of imide groups is 1. The van der Waals surface area contributed by atoms with Gasteiger partial charge in [0.25, 0.3) is 0 Å². The summed E-state index contributed by atoms with van der Waals surface area (Å²) in [4.78, 5) is 52.6. The number of nitrogens with zero attached hydrogens (tertiary/aromatic N) is 4. The molecular formula is C24H25BrN6O6. The van der Waals surface area contributed by atoms with E-state index in [9.17, 15) is 14.4 Å². The first-order valence-electron chi connectivity index (χ1n) is 11.2. The number of anilines is 1. The van der Waals surface area contributed by atoms with Crippen molar-refractivity contribution < 1.29 is 23.6 Å². The highest BCUT2D eigenvalue weighted by atomic mass is 79.9. The fraction of sp³-hybridized carbons (Fsp3) is 0.333. The zero-order chi connectivity index (χ0) is 27.1. The monoisotopic (exact) mass is 572 g/mol. The highest BCUT2D eigenvalue weighted by molar-refractivity contribution is 9.10. The van der Waals surface area contributed by atoms with E-state index in [0.717, 1.165) is 0 Å². The second kappa shape index (κ2) is 9.47. The standard InChI is InChI=1S/C24H25BrN6O6/c1-23(2,3)35-21(33)31(22(34)36-24(4,5)6)19-18(29-17(25)11-26-19)16-10-14(30-37-16)12-7-8-13-15(9-12)28-20(32)27-13/h7-11H,1-6H3,(H2,27,28,32). The third kappa shape index (κ3) is 6.05. The number of ether oxygens (including phenoxy) is 2. The number of H-pyrrole nitrogens is 2. The van der Waals surface area contributed by atoms with Crippen LogP contribution < -0.4 is 10.6 Å². The average molecular weight is 573 g/mol. The SMILES string of the molecule is CC(C)(C)OC(=O)N(C(=O)OC(C)(C)C)c1ncc(Br)nc1-c1cc(-c2ccc3[nH]c(=O)[nH]c3c2)no1. The number of hydrogen-bond acceptors (Lipinski definition) is 9. The van der Waals surface area contributed by atoms with E-state index in [2.05, 4.69) is 41.0 Å². The van der Waals surface area contributed by atoms with Crippen LogP contribution in [0.3, 0.4) is 0 Å². The molecule has 0 aliphatic rings. The third-order valence-corrected chi connectivity index (χ3v) is 5.03. The van der Waals surface area contributed by atoms with Crippen LogP contribution in [0.1, 0.15) is 41.5 Å². The average Bonchev–Trinajstić information content (AvgIpc) is 3.37. The lowest BCUT2D eigenvalue weighted by atomic mass is 10.1. The number of hydrogen-bond donors (Lipinski definition) is 2. The maximum absolute atomic E-state index is 13.2. The van der Waals surface area contributed by atoms with Gasteiger partial charge in [0.05, 0.1) is 17.2 Å². The molecule has 0 unspecified atom stereocenters. The Hall–Kier alpha value is -4.00. The Labute approximate surface area is 219 Å². The lowest BCUT2D eigenvalue weighted by molar-refractivity contribution is 0.0429. The highest BCUT2D eigenvalue weighted by Gasteiger charge is 2.36. The van der Waals surface area contributed by atoms with E-state index in [1.54, 1.807) is 65.8 Å². The first-order valence-corrected chi connectivity index (χ1v) is 12.0. The molecule has 4 rings (SSSR count). The molecule has 0 atom stereocenters. The van der Waals surface area contributed by atoms with Gasteiger partial charge >= 0.3 is 17.9 Å². The quantitative estimate of drug-likeness (QED) is 0.327. The second-order valence-electron chi connectivity index (χ2n) is 10.1. The number of amides is 2. The summed E-state index contributed by atoms with van der Waals surface area (Å²) in [6.45, 7) is 10.0. The van der Waals surface area contributed by atoms with Gasteiger partial charge in [-0.15, -0.1) is 0 Å². The molecule has 0 saturated carbocycles. The van der Waals surface area contributed by atoms with Gasteiger partial charge in [-0.05, 0) is 69.6 Å². The number of halogens is 1. The fourth-order valence-corrected chi connectivity index (χ4v) is 3.55. The number of carbonyl (C=O) groups excluding carboxylic acids is 2. The van der Waals surface area contributed by atoms with Crippen molar-refractivity contribution in [2.45, 2.75) is 52.7 Å². The lowest BCUT2D eigenvalue weighted by Gasteiger charge is -2.28. The van der Waals surface area contributed by atoms with E-state index in [4.69, 9.17) is 14.0 Å². The molecule has 2 N–H and O–H groups in total. The van der Waals surface area contributed by atoms with Gasteiger partial charge in [-0.25, -0.2) is 24.4 Å². The molecule has 0 spiro atoms. The van der Waals surface area contributed by atoms with E-state index in [0.29, 0.717) is 31.8 Å².